The van der Waals surface area contributed by atoms with Crippen LogP contribution in [-0.4, -0.2) is 22.1 Å². The summed E-state index contributed by atoms with van der Waals surface area (Å²) in [7, 11) is 0. The van der Waals surface area contributed by atoms with Crippen molar-refractivity contribution in [2.45, 2.75) is 25.7 Å². The van der Waals surface area contributed by atoms with Gasteiger partial charge in [-0.3, -0.25) is 9.89 Å². The van der Waals surface area contributed by atoms with Crippen molar-refractivity contribution in [3.63, 3.8) is 0 Å². The van der Waals surface area contributed by atoms with E-state index < -0.39 is 0 Å². The molecule has 1 aliphatic heterocycles. The predicted octanol–water partition coefficient (Wildman–Crippen LogP) is 4.09. The molecule has 0 spiro atoms. The number of carbonyl (C=O) groups is 2. The summed E-state index contributed by atoms with van der Waals surface area (Å²) in [5.41, 5.74) is 4.57. The van der Waals surface area contributed by atoms with E-state index in [4.69, 9.17) is 0 Å². The molecule has 0 radical (unpaired) electrons. The van der Waals surface area contributed by atoms with E-state index >= 15 is 0 Å². The molecule has 4 N–H and O–H groups in total. The molecule has 7 nitrogen and oxygen atoms in total. The van der Waals surface area contributed by atoms with Crippen LogP contribution in [-0.2, 0) is 11.2 Å². The molecule has 142 valence electrons. The van der Waals surface area contributed by atoms with E-state index in [-0.39, 0.29) is 17.9 Å². The highest BCUT2D eigenvalue weighted by Gasteiger charge is 2.27. The van der Waals surface area contributed by atoms with Crippen LogP contribution in [0.2, 0.25) is 0 Å². The zero-order chi connectivity index (χ0) is 19.5. The SMILES string of the molecule is CCc1cccc(NC(=O)Nc2ccc(C3CC(=O)Nc4[nH]ncc43)cc2)c1. The fourth-order valence-corrected chi connectivity index (χ4v) is 3.40. The molecule has 2 heterocycles. The van der Waals surface area contributed by atoms with Crippen molar-refractivity contribution in [1.82, 2.24) is 10.2 Å². The number of rotatable bonds is 4. The van der Waals surface area contributed by atoms with Gasteiger partial charge in [-0.2, -0.15) is 5.10 Å². The lowest BCUT2D eigenvalue weighted by Crippen LogP contribution is -2.23. The molecule has 4 rings (SSSR count). The molecule has 3 aromatic rings. The Morgan fingerprint density at radius 1 is 1.14 bits per heavy atom. The summed E-state index contributed by atoms with van der Waals surface area (Å²) < 4.78 is 0. The van der Waals surface area contributed by atoms with E-state index in [1.54, 1.807) is 6.20 Å². The van der Waals surface area contributed by atoms with Crippen LogP contribution in [0.5, 0.6) is 0 Å². The quantitative estimate of drug-likeness (QED) is 0.553. The Labute approximate surface area is 162 Å². The summed E-state index contributed by atoms with van der Waals surface area (Å²) in [6.45, 7) is 2.07. The number of carbonyl (C=O) groups excluding carboxylic acids is 2. The molecule has 1 aromatic heterocycles. The monoisotopic (exact) mass is 375 g/mol. The molecule has 1 aliphatic rings. The Bertz CT molecular complexity index is 1010. The van der Waals surface area contributed by atoms with E-state index in [1.807, 2.05) is 48.5 Å². The van der Waals surface area contributed by atoms with Crippen molar-refractivity contribution in [1.29, 1.82) is 0 Å². The average Bonchev–Trinajstić information content (AvgIpc) is 3.16. The number of amides is 3. The molecule has 0 fully saturated rings. The van der Waals surface area contributed by atoms with Gasteiger partial charge in [0.05, 0.1) is 6.20 Å². The van der Waals surface area contributed by atoms with Crippen LogP contribution in [0, 0.1) is 0 Å². The highest BCUT2D eigenvalue weighted by atomic mass is 16.2. The largest absolute Gasteiger partial charge is 0.323 e. The number of hydrogen-bond donors (Lipinski definition) is 4. The summed E-state index contributed by atoms with van der Waals surface area (Å²) in [6, 6.07) is 15.0. The lowest BCUT2D eigenvalue weighted by molar-refractivity contribution is -0.116. The van der Waals surface area contributed by atoms with Crippen LogP contribution < -0.4 is 16.0 Å². The molecule has 0 bridgehead atoms. The molecule has 1 atom stereocenters. The molecule has 2 aromatic carbocycles. The second-order valence-electron chi connectivity index (χ2n) is 6.76. The molecule has 0 saturated carbocycles. The van der Waals surface area contributed by atoms with Crippen LogP contribution in [0.4, 0.5) is 22.0 Å². The molecule has 1 unspecified atom stereocenters. The summed E-state index contributed by atoms with van der Waals surface area (Å²) in [5.74, 6) is 0.553. The number of aromatic amines is 1. The third kappa shape index (κ3) is 3.73. The van der Waals surface area contributed by atoms with Gasteiger partial charge in [-0.15, -0.1) is 0 Å². The normalized spacial score (nSPS) is 15.5. The zero-order valence-electron chi connectivity index (χ0n) is 15.5. The molecular weight excluding hydrogens is 354 g/mol. The number of nitrogens with one attached hydrogen (secondary N) is 4. The third-order valence-electron chi connectivity index (χ3n) is 4.86. The summed E-state index contributed by atoms with van der Waals surface area (Å²) >= 11 is 0. The number of aryl methyl sites for hydroxylation is 1. The Hall–Kier alpha value is -3.61. The molecule has 0 saturated heterocycles. The van der Waals surface area contributed by atoms with Crippen molar-refractivity contribution in [2.75, 3.05) is 16.0 Å². The molecule has 7 heteroatoms. The van der Waals surface area contributed by atoms with Crippen LogP contribution in [0.3, 0.4) is 0 Å². The van der Waals surface area contributed by atoms with E-state index in [0.29, 0.717) is 17.9 Å². The molecule has 0 aliphatic carbocycles. The van der Waals surface area contributed by atoms with Gasteiger partial charge in [-0.1, -0.05) is 31.2 Å². The third-order valence-corrected chi connectivity index (χ3v) is 4.86. The van der Waals surface area contributed by atoms with E-state index in [2.05, 4.69) is 33.1 Å². The smallest absolute Gasteiger partial charge is 0.311 e. The van der Waals surface area contributed by atoms with Crippen LogP contribution >= 0.6 is 0 Å². The van der Waals surface area contributed by atoms with E-state index in [0.717, 1.165) is 28.8 Å². The number of hydrogen-bond acceptors (Lipinski definition) is 3. The van der Waals surface area contributed by atoms with Gasteiger partial charge in [0, 0.05) is 29.3 Å². The predicted molar refractivity (Wildman–Crippen MR) is 109 cm³/mol. The average molecular weight is 375 g/mol. The number of H-pyrrole nitrogens is 1. The second-order valence-corrected chi connectivity index (χ2v) is 6.76. The fraction of sp³-hybridized carbons (Fsp3) is 0.190. The number of nitrogens with zero attached hydrogens (tertiary/aromatic N) is 1. The highest BCUT2D eigenvalue weighted by Crippen LogP contribution is 2.35. The Morgan fingerprint density at radius 2 is 1.93 bits per heavy atom. The van der Waals surface area contributed by atoms with Gasteiger partial charge < -0.3 is 16.0 Å². The second kappa shape index (κ2) is 7.56. The van der Waals surface area contributed by atoms with Gasteiger partial charge in [0.2, 0.25) is 5.91 Å². The van der Waals surface area contributed by atoms with Crippen molar-refractivity contribution in [2.24, 2.45) is 0 Å². The lowest BCUT2D eigenvalue weighted by atomic mass is 9.87. The lowest BCUT2D eigenvalue weighted by Gasteiger charge is -2.22. The first-order valence-electron chi connectivity index (χ1n) is 9.22. The van der Waals surface area contributed by atoms with E-state index in [9.17, 15) is 9.59 Å². The van der Waals surface area contributed by atoms with Crippen molar-refractivity contribution in [3.8, 4) is 0 Å². The van der Waals surface area contributed by atoms with Crippen molar-refractivity contribution < 1.29 is 9.59 Å². The minimum Gasteiger partial charge on any atom is -0.311 e. The zero-order valence-corrected chi connectivity index (χ0v) is 15.5. The number of anilines is 3. The number of fused-ring (bicyclic) bond motifs is 1. The summed E-state index contributed by atoms with van der Waals surface area (Å²) in [5, 5.41) is 15.3. The first kappa shape index (κ1) is 17.8. The molecule has 28 heavy (non-hydrogen) atoms. The van der Waals surface area contributed by atoms with Crippen molar-refractivity contribution in [3.05, 3.63) is 71.4 Å². The maximum atomic E-state index is 12.3. The Morgan fingerprint density at radius 3 is 2.71 bits per heavy atom. The summed E-state index contributed by atoms with van der Waals surface area (Å²) in [6.07, 6.45) is 3.02. The molecular formula is C21H21N5O2. The Kier molecular flexibility index (Phi) is 4.80. The maximum absolute atomic E-state index is 12.3. The Balaban J connectivity index is 1.44. The van der Waals surface area contributed by atoms with Crippen molar-refractivity contribution >= 4 is 29.1 Å². The molecule has 3 amide bonds. The standard InChI is InChI=1S/C21H21N5O2/c1-2-13-4-3-5-16(10-13)24-21(28)23-15-8-6-14(7-9-15)17-11-19(27)25-20-18(17)12-22-26-20/h3-10,12,17H,2,11H2,1H3,(H2,23,24,28)(H2,22,25,26,27). The minimum absolute atomic E-state index is 0.0439. The number of aromatic nitrogens is 2. The van der Waals surface area contributed by atoms with Gasteiger partial charge in [-0.05, 0) is 41.8 Å². The maximum Gasteiger partial charge on any atom is 0.323 e. The van der Waals surface area contributed by atoms with Gasteiger partial charge >= 0.3 is 6.03 Å². The van der Waals surface area contributed by atoms with Crippen LogP contribution in [0.25, 0.3) is 0 Å². The minimum atomic E-state index is -0.296. The fourth-order valence-electron chi connectivity index (χ4n) is 3.40. The van der Waals surface area contributed by atoms with Gasteiger partial charge in [0.1, 0.15) is 5.82 Å². The first-order chi connectivity index (χ1) is 13.6. The van der Waals surface area contributed by atoms with Gasteiger partial charge in [0.15, 0.2) is 0 Å². The van der Waals surface area contributed by atoms with Gasteiger partial charge in [0.25, 0.3) is 0 Å². The van der Waals surface area contributed by atoms with Crippen LogP contribution in [0.1, 0.15) is 36.0 Å². The topological polar surface area (TPSA) is 98.9 Å². The number of urea groups is 1. The van der Waals surface area contributed by atoms with Gasteiger partial charge in [-0.25, -0.2) is 4.79 Å². The highest BCUT2D eigenvalue weighted by molar-refractivity contribution is 5.99. The number of benzene rings is 2. The van der Waals surface area contributed by atoms with E-state index in [1.165, 1.54) is 0 Å². The summed E-state index contributed by atoms with van der Waals surface area (Å²) in [4.78, 5) is 24.2. The first-order valence-corrected chi connectivity index (χ1v) is 9.22. The van der Waals surface area contributed by atoms with Crippen LogP contribution in [0.15, 0.2) is 54.7 Å².